The summed E-state index contributed by atoms with van der Waals surface area (Å²) in [5.41, 5.74) is -0.562. The van der Waals surface area contributed by atoms with Crippen LogP contribution in [0.3, 0.4) is 0 Å². The van der Waals surface area contributed by atoms with Crippen LogP contribution in [0.4, 0.5) is 0 Å². The highest BCUT2D eigenvalue weighted by molar-refractivity contribution is 5.90. The van der Waals surface area contributed by atoms with E-state index in [-0.39, 0.29) is 0 Å². The number of nitrogens with one attached hydrogen (secondary N) is 1. The van der Waals surface area contributed by atoms with Crippen LogP contribution >= 0.6 is 0 Å². The Hall–Kier alpha value is -2.17. The monoisotopic (exact) mass is 312 g/mol. The zero-order chi connectivity index (χ0) is 16.7. The van der Waals surface area contributed by atoms with Crippen LogP contribution < -0.4 is 5.32 Å². The van der Waals surface area contributed by atoms with Crippen molar-refractivity contribution in [2.24, 2.45) is 0 Å². The van der Waals surface area contributed by atoms with Crippen LogP contribution in [0.1, 0.15) is 18.1 Å². The quantitative estimate of drug-likeness (QED) is 0.822. The Morgan fingerprint density at radius 3 is 1.96 bits per heavy atom. The van der Waals surface area contributed by atoms with Crippen molar-refractivity contribution < 1.29 is 9.90 Å². The highest BCUT2D eigenvalue weighted by Gasteiger charge is 2.39. The second kappa shape index (κ2) is 7.90. The van der Waals surface area contributed by atoms with E-state index in [1.165, 1.54) is 0 Å². The number of hydrogen-bond acceptors (Lipinski definition) is 3. The average Bonchev–Trinajstić information content (AvgIpc) is 2.62. The minimum Gasteiger partial charge on any atom is -0.372 e. The molecule has 0 aromatic heterocycles. The smallest absolute Gasteiger partial charge is 0.261 e. The SMILES string of the molecule is CCN(C)CCNC(=O)C(O)(c1ccccc1)c1ccccc1. The molecule has 4 nitrogen and oxygen atoms in total. The Kier molecular flexibility index (Phi) is 5.90. The summed E-state index contributed by atoms with van der Waals surface area (Å²) in [6.45, 7) is 4.21. The van der Waals surface area contributed by atoms with Gasteiger partial charge in [0.1, 0.15) is 0 Å². The van der Waals surface area contributed by atoms with Crippen molar-refractivity contribution in [1.82, 2.24) is 10.2 Å². The third-order valence-electron chi connectivity index (χ3n) is 4.03. The molecule has 0 aliphatic rings. The largest absolute Gasteiger partial charge is 0.372 e. The number of rotatable bonds is 7. The molecule has 0 atom stereocenters. The van der Waals surface area contributed by atoms with Crippen molar-refractivity contribution in [2.45, 2.75) is 12.5 Å². The molecule has 0 saturated heterocycles. The third kappa shape index (κ3) is 3.97. The molecule has 122 valence electrons. The number of likely N-dealkylation sites (N-methyl/N-ethyl adjacent to an activating group) is 1. The van der Waals surface area contributed by atoms with E-state index in [2.05, 4.69) is 17.1 Å². The van der Waals surface area contributed by atoms with Crippen molar-refractivity contribution in [1.29, 1.82) is 0 Å². The average molecular weight is 312 g/mol. The Morgan fingerprint density at radius 1 is 1.04 bits per heavy atom. The zero-order valence-corrected chi connectivity index (χ0v) is 13.7. The van der Waals surface area contributed by atoms with E-state index < -0.39 is 11.5 Å². The Morgan fingerprint density at radius 2 is 1.52 bits per heavy atom. The number of benzene rings is 2. The van der Waals surface area contributed by atoms with Gasteiger partial charge in [-0.25, -0.2) is 0 Å². The number of aliphatic hydroxyl groups is 1. The fourth-order valence-corrected chi connectivity index (χ4v) is 2.43. The predicted molar refractivity (Wildman–Crippen MR) is 92.1 cm³/mol. The lowest BCUT2D eigenvalue weighted by Gasteiger charge is -2.28. The standard InChI is InChI=1S/C19H24N2O2/c1-3-21(2)15-14-20-18(22)19(23,16-10-6-4-7-11-16)17-12-8-5-9-13-17/h4-13,23H,3,14-15H2,1-2H3,(H,20,22). The lowest BCUT2D eigenvalue weighted by Crippen LogP contribution is -2.47. The van der Waals surface area contributed by atoms with Crippen LogP contribution in [0, 0.1) is 0 Å². The molecule has 1 amide bonds. The van der Waals surface area contributed by atoms with Gasteiger partial charge in [-0.3, -0.25) is 4.79 Å². The number of carbonyl (C=O) groups excluding carboxylic acids is 1. The molecule has 0 radical (unpaired) electrons. The first-order valence-corrected chi connectivity index (χ1v) is 7.89. The van der Waals surface area contributed by atoms with Crippen LogP contribution in [0.25, 0.3) is 0 Å². The number of hydrogen-bond donors (Lipinski definition) is 2. The molecule has 0 bridgehead atoms. The van der Waals surface area contributed by atoms with Crippen LogP contribution in [-0.2, 0) is 10.4 Å². The van der Waals surface area contributed by atoms with Gasteiger partial charge in [0.15, 0.2) is 5.60 Å². The second-order valence-electron chi connectivity index (χ2n) is 5.59. The van der Waals surface area contributed by atoms with Gasteiger partial charge < -0.3 is 15.3 Å². The van der Waals surface area contributed by atoms with Crippen molar-refractivity contribution in [3.8, 4) is 0 Å². The minimum absolute atomic E-state index is 0.403. The summed E-state index contributed by atoms with van der Waals surface area (Å²) in [6, 6.07) is 18.1. The first-order chi connectivity index (χ1) is 11.1. The van der Waals surface area contributed by atoms with Gasteiger partial charge >= 0.3 is 0 Å². The maximum absolute atomic E-state index is 12.8. The fourth-order valence-electron chi connectivity index (χ4n) is 2.43. The summed E-state index contributed by atoms with van der Waals surface area (Å²) in [7, 11) is 1.99. The maximum Gasteiger partial charge on any atom is 0.261 e. The van der Waals surface area contributed by atoms with Crippen LogP contribution in [0.15, 0.2) is 60.7 Å². The van der Waals surface area contributed by atoms with Gasteiger partial charge in [0.2, 0.25) is 0 Å². The van der Waals surface area contributed by atoms with E-state index in [1.54, 1.807) is 24.3 Å². The molecule has 2 N–H and O–H groups in total. The Bertz CT molecular complexity index is 574. The van der Waals surface area contributed by atoms with Gasteiger partial charge in [0.05, 0.1) is 0 Å². The molecular formula is C19H24N2O2. The van der Waals surface area contributed by atoms with Crippen LogP contribution in [0.5, 0.6) is 0 Å². The van der Waals surface area contributed by atoms with Crippen molar-refractivity contribution in [3.05, 3.63) is 71.8 Å². The predicted octanol–water partition coefficient (Wildman–Crippen LogP) is 1.99. The summed E-state index contributed by atoms with van der Waals surface area (Å²) >= 11 is 0. The second-order valence-corrected chi connectivity index (χ2v) is 5.59. The summed E-state index contributed by atoms with van der Waals surface area (Å²) in [5.74, 6) is -0.403. The van der Waals surface area contributed by atoms with E-state index in [9.17, 15) is 9.90 Å². The van der Waals surface area contributed by atoms with E-state index in [0.717, 1.165) is 13.1 Å². The number of carbonyl (C=O) groups is 1. The molecule has 0 heterocycles. The summed E-state index contributed by atoms with van der Waals surface area (Å²) < 4.78 is 0. The molecule has 2 aromatic carbocycles. The molecular weight excluding hydrogens is 288 g/mol. The van der Waals surface area contributed by atoms with Crippen LogP contribution in [0.2, 0.25) is 0 Å². The van der Waals surface area contributed by atoms with Gasteiger partial charge in [-0.1, -0.05) is 67.6 Å². The summed E-state index contributed by atoms with van der Waals surface area (Å²) in [5, 5.41) is 14.1. The molecule has 0 saturated carbocycles. The summed E-state index contributed by atoms with van der Waals surface area (Å²) in [6.07, 6.45) is 0. The molecule has 0 spiro atoms. The molecule has 2 rings (SSSR count). The lowest BCUT2D eigenvalue weighted by molar-refractivity contribution is -0.136. The van der Waals surface area contributed by atoms with E-state index in [1.807, 2.05) is 43.4 Å². The number of amides is 1. The minimum atomic E-state index is -1.69. The molecule has 0 aliphatic carbocycles. The molecule has 4 heteroatoms. The maximum atomic E-state index is 12.8. The first-order valence-electron chi connectivity index (χ1n) is 7.89. The summed E-state index contributed by atoms with van der Waals surface area (Å²) in [4.78, 5) is 14.9. The van der Waals surface area contributed by atoms with E-state index in [4.69, 9.17) is 0 Å². The topological polar surface area (TPSA) is 52.6 Å². The molecule has 0 fully saturated rings. The first kappa shape index (κ1) is 17.2. The van der Waals surface area contributed by atoms with Crippen molar-refractivity contribution in [3.63, 3.8) is 0 Å². The highest BCUT2D eigenvalue weighted by Crippen LogP contribution is 2.29. The van der Waals surface area contributed by atoms with Gasteiger partial charge in [-0.15, -0.1) is 0 Å². The van der Waals surface area contributed by atoms with Crippen molar-refractivity contribution in [2.75, 3.05) is 26.7 Å². The molecule has 2 aromatic rings. The van der Waals surface area contributed by atoms with Gasteiger partial charge in [0, 0.05) is 13.1 Å². The number of nitrogens with zero attached hydrogens (tertiary/aromatic N) is 1. The molecule has 23 heavy (non-hydrogen) atoms. The highest BCUT2D eigenvalue weighted by atomic mass is 16.3. The van der Waals surface area contributed by atoms with E-state index >= 15 is 0 Å². The fraction of sp³-hybridized carbons (Fsp3) is 0.316. The molecule has 0 aliphatic heterocycles. The third-order valence-corrected chi connectivity index (χ3v) is 4.03. The van der Waals surface area contributed by atoms with Gasteiger partial charge in [-0.2, -0.15) is 0 Å². The van der Waals surface area contributed by atoms with Gasteiger partial charge in [0.25, 0.3) is 5.91 Å². The van der Waals surface area contributed by atoms with Crippen LogP contribution in [-0.4, -0.2) is 42.6 Å². The van der Waals surface area contributed by atoms with E-state index in [0.29, 0.717) is 17.7 Å². The zero-order valence-electron chi connectivity index (χ0n) is 13.7. The Balaban J connectivity index is 2.26. The van der Waals surface area contributed by atoms with Gasteiger partial charge in [-0.05, 0) is 24.7 Å². The molecule has 0 unspecified atom stereocenters. The van der Waals surface area contributed by atoms with Crippen molar-refractivity contribution >= 4 is 5.91 Å². The lowest BCUT2D eigenvalue weighted by atomic mass is 9.85. The normalized spacial score (nSPS) is 11.5. The Labute approximate surface area is 137 Å².